The fraction of sp³-hybridized carbons (Fsp3) is 0.333. The number of hydrogen-bond donors (Lipinski definition) is 2. The van der Waals surface area contributed by atoms with E-state index in [4.69, 9.17) is 9.92 Å². The fourth-order valence-corrected chi connectivity index (χ4v) is 2.37. The molecule has 1 atom stereocenters. The summed E-state index contributed by atoms with van der Waals surface area (Å²) in [5, 5.41) is 5.25. The summed E-state index contributed by atoms with van der Waals surface area (Å²) < 4.78 is 20.4. The van der Waals surface area contributed by atoms with Crippen LogP contribution < -0.4 is 5.14 Å². The second kappa shape index (κ2) is 3.42. The van der Waals surface area contributed by atoms with Gasteiger partial charge >= 0.3 is 0 Å². The van der Waals surface area contributed by atoms with Gasteiger partial charge in [0.15, 0.2) is 0 Å². The van der Waals surface area contributed by atoms with Crippen molar-refractivity contribution in [3.8, 4) is 0 Å². The third-order valence-electron chi connectivity index (χ3n) is 1.25. The molecule has 0 spiro atoms. The highest BCUT2D eigenvalue weighted by Crippen LogP contribution is 2.23. The molecule has 5 heteroatoms. The first-order chi connectivity index (χ1) is 5.15. The van der Waals surface area contributed by atoms with E-state index in [1.807, 2.05) is 6.92 Å². The van der Waals surface area contributed by atoms with Gasteiger partial charge in [-0.3, -0.25) is 9.92 Å². The molecule has 0 bridgehead atoms. The molecule has 1 aromatic heterocycles. The van der Waals surface area contributed by atoms with Crippen LogP contribution in [0.4, 0.5) is 4.39 Å². The maximum absolute atomic E-state index is 12.9. The van der Waals surface area contributed by atoms with Crippen LogP contribution in [-0.2, 0) is 17.3 Å². The molecule has 62 valence electrons. The molecule has 2 nitrogen and oxygen atoms in total. The van der Waals surface area contributed by atoms with Crippen molar-refractivity contribution >= 4 is 22.2 Å². The fourth-order valence-electron chi connectivity index (χ4n) is 0.722. The molecule has 1 heterocycles. The average molecular weight is 192 g/mol. The Labute approximate surface area is 71.3 Å². The molecule has 0 aromatic carbocycles. The molecule has 1 unspecified atom stereocenters. The summed E-state index contributed by atoms with van der Waals surface area (Å²) >= 11 is 1.29. The van der Waals surface area contributed by atoms with Crippen molar-refractivity contribution in [2.45, 2.75) is 17.6 Å². The second-order valence-corrected chi connectivity index (χ2v) is 4.52. The minimum atomic E-state index is -1.18. The molecular weight excluding hydrogens is 183 g/mol. The molecule has 1 rings (SSSR count). The van der Waals surface area contributed by atoms with E-state index in [1.54, 1.807) is 0 Å². The van der Waals surface area contributed by atoms with Gasteiger partial charge in [0.1, 0.15) is 10.0 Å². The quantitative estimate of drug-likeness (QED) is 0.740. The highest BCUT2D eigenvalue weighted by molar-refractivity contribution is 7.86. The Hall–Kier alpha value is -0.260. The van der Waals surface area contributed by atoms with E-state index in [9.17, 15) is 4.39 Å². The first-order valence-corrected chi connectivity index (χ1v) is 5.23. The van der Waals surface area contributed by atoms with Gasteiger partial charge in [0, 0.05) is 15.8 Å². The third-order valence-corrected chi connectivity index (χ3v) is 3.69. The zero-order chi connectivity index (χ0) is 8.43. The molecule has 11 heavy (non-hydrogen) atoms. The SMILES string of the molecule is CCc1cc(F)c(S(=N)N)s1. The highest BCUT2D eigenvalue weighted by Gasteiger charge is 2.08. The summed E-state index contributed by atoms with van der Waals surface area (Å²) in [6, 6.07) is 1.46. The predicted molar refractivity (Wildman–Crippen MR) is 46.2 cm³/mol. The van der Waals surface area contributed by atoms with E-state index in [2.05, 4.69) is 0 Å². The van der Waals surface area contributed by atoms with Crippen molar-refractivity contribution in [3.63, 3.8) is 0 Å². The Kier molecular flexibility index (Phi) is 2.75. The van der Waals surface area contributed by atoms with Gasteiger partial charge < -0.3 is 0 Å². The van der Waals surface area contributed by atoms with Crippen LogP contribution in [-0.4, -0.2) is 0 Å². The van der Waals surface area contributed by atoms with Gasteiger partial charge in [-0.15, -0.1) is 11.3 Å². The van der Waals surface area contributed by atoms with Gasteiger partial charge in [0.05, 0.1) is 0 Å². The van der Waals surface area contributed by atoms with Crippen LogP contribution in [0.2, 0.25) is 0 Å². The second-order valence-electron chi connectivity index (χ2n) is 2.04. The van der Waals surface area contributed by atoms with E-state index in [0.29, 0.717) is 4.21 Å². The Morgan fingerprint density at radius 2 is 2.45 bits per heavy atom. The molecule has 0 saturated heterocycles. The number of aryl methyl sites for hydroxylation is 1. The lowest BCUT2D eigenvalue weighted by molar-refractivity contribution is 0.611. The maximum Gasteiger partial charge on any atom is 0.150 e. The van der Waals surface area contributed by atoms with Gasteiger partial charge in [0.2, 0.25) is 0 Å². The van der Waals surface area contributed by atoms with Gasteiger partial charge in [-0.05, 0) is 12.5 Å². The van der Waals surface area contributed by atoms with Gasteiger partial charge in [-0.25, -0.2) is 4.39 Å². The van der Waals surface area contributed by atoms with Crippen LogP contribution in [0, 0.1) is 10.6 Å². The lowest BCUT2D eigenvalue weighted by Gasteiger charge is -1.90. The number of rotatable bonds is 2. The average Bonchev–Trinajstić information content (AvgIpc) is 2.30. The molecule has 0 aliphatic rings. The van der Waals surface area contributed by atoms with Crippen LogP contribution in [0.15, 0.2) is 10.3 Å². The first kappa shape index (κ1) is 8.83. The third kappa shape index (κ3) is 1.85. The molecule has 0 saturated carbocycles. The molecule has 0 amide bonds. The summed E-state index contributed by atoms with van der Waals surface area (Å²) in [4.78, 5) is 0.952. The van der Waals surface area contributed by atoms with Crippen LogP contribution in [0.1, 0.15) is 11.8 Å². The van der Waals surface area contributed by atoms with E-state index >= 15 is 0 Å². The molecular formula is C6H9FN2S2. The molecule has 3 N–H and O–H groups in total. The maximum atomic E-state index is 12.9. The van der Waals surface area contributed by atoms with Gasteiger partial charge in [-0.2, -0.15) is 0 Å². The van der Waals surface area contributed by atoms with E-state index in [-0.39, 0.29) is 5.82 Å². The van der Waals surface area contributed by atoms with Crippen molar-refractivity contribution < 1.29 is 4.39 Å². The largest absolute Gasteiger partial charge is 0.264 e. The molecule has 0 aliphatic carbocycles. The molecule has 0 fully saturated rings. The molecule has 0 aliphatic heterocycles. The van der Waals surface area contributed by atoms with E-state index < -0.39 is 10.9 Å². The summed E-state index contributed by atoms with van der Waals surface area (Å²) in [5.41, 5.74) is 0. The van der Waals surface area contributed by atoms with Crippen LogP contribution in [0.25, 0.3) is 0 Å². The van der Waals surface area contributed by atoms with Crippen LogP contribution >= 0.6 is 11.3 Å². The Balaban J connectivity index is 3.07. The zero-order valence-corrected chi connectivity index (χ0v) is 7.69. The smallest absolute Gasteiger partial charge is 0.150 e. The number of thiophene rings is 1. The number of nitrogens with one attached hydrogen (secondary N) is 1. The normalized spacial score (nSPS) is 13.4. The molecule has 0 radical (unpaired) electrons. The Bertz CT molecular complexity index is 282. The number of hydrogen-bond acceptors (Lipinski definition) is 2. The van der Waals surface area contributed by atoms with Crippen molar-refractivity contribution in [3.05, 3.63) is 16.8 Å². The molecule has 1 aromatic rings. The Morgan fingerprint density at radius 1 is 1.82 bits per heavy atom. The van der Waals surface area contributed by atoms with Crippen molar-refractivity contribution in [1.82, 2.24) is 0 Å². The highest BCUT2D eigenvalue weighted by atomic mass is 32.2. The summed E-state index contributed by atoms with van der Waals surface area (Å²) in [7, 11) is -1.18. The van der Waals surface area contributed by atoms with Crippen LogP contribution in [0.5, 0.6) is 0 Å². The minimum absolute atomic E-state index is 0.326. The summed E-state index contributed by atoms with van der Waals surface area (Å²) in [6.07, 6.45) is 0.804. The monoisotopic (exact) mass is 192 g/mol. The van der Waals surface area contributed by atoms with Crippen molar-refractivity contribution in [1.29, 1.82) is 4.78 Å². The summed E-state index contributed by atoms with van der Waals surface area (Å²) in [6.45, 7) is 1.95. The zero-order valence-electron chi connectivity index (χ0n) is 6.06. The minimum Gasteiger partial charge on any atom is -0.264 e. The standard InChI is InChI=1S/C6H9FN2S2/c1-2-4-3-5(7)6(10-4)11(8)9/h3H,2H2,1H3,(H3,8,9). The topological polar surface area (TPSA) is 49.9 Å². The van der Waals surface area contributed by atoms with Crippen molar-refractivity contribution in [2.24, 2.45) is 5.14 Å². The van der Waals surface area contributed by atoms with E-state index in [0.717, 1.165) is 11.3 Å². The van der Waals surface area contributed by atoms with Crippen LogP contribution in [0.3, 0.4) is 0 Å². The summed E-state index contributed by atoms with van der Waals surface area (Å²) in [5.74, 6) is -0.326. The lowest BCUT2D eigenvalue weighted by atomic mass is 10.4. The van der Waals surface area contributed by atoms with Gasteiger partial charge in [-0.1, -0.05) is 6.92 Å². The van der Waals surface area contributed by atoms with E-state index in [1.165, 1.54) is 17.4 Å². The Morgan fingerprint density at radius 3 is 2.73 bits per heavy atom. The first-order valence-electron chi connectivity index (χ1n) is 3.13. The van der Waals surface area contributed by atoms with Crippen molar-refractivity contribution in [2.75, 3.05) is 0 Å². The number of halogens is 1. The van der Waals surface area contributed by atoms with Gasteiger partial charge in [0.25, 0.3) is 0 Å². The number of nitrogens with two attached hydrogens (primary N) is 1. The lowest BCUT2D eigenvalue weighted by Crippen LogP contribution is -1.99. The predicted octanol–water partition coefficient (Wildman–Crippen LogP) is 2.06.